The molecule has 8 heteroatoms. The lowest BCUT2D eigenvalue weighted by atomic mass is 10.2. The fourth-order valence-corrected chi connectivity index (χ4v) is 1.78. The summed E-state index contributed by atoms with van der Waals surface area (Å²) in [5.41, 5.74) is -0.680. The van der Waals surface area contributed by atoms with Gasteiger partial charge in [-0.2, -0.15) is 18.2 Å². The van der Waals surface area contributed by atoms with Crippen LogP contribution in [0.1, 0.15) is 5.69 Å². The average molecular weight is 318 g/mol. The van der Waals surface area contributed by atoms with Crippen LogP contribution in [0.2, 0.25) is 0 Å². The molecule has 0 aromatic carbocycles. The number of ether oxygens (including phenoxy) is 1. The van der Waals surface area contributed by atoms with Gasteiger partial charge in [0, 0.05) is 30.2 Å². The van der Waals surface area contributed by atoms with Crippen molar-refractivity contribution in [2.75, 3.05) is 0 Å². The van der Waals surface area contributed by atoms with Gasteiger partial charge in [0.25, 0.3) is 0 Å². The second kappa shape index (κ2) is 5.99. The first kappa shape index (κ1) is 14.9. The van der Waals surface area contributed by atoms with Gasteiger partial charge in [-0.3, -0.25) is 9.97 Å². The van der Waals surface area contributed by atoms with E-state index in [9.17, 15) is 13.2 Å². The van der Waals surface area contributed by atoms with Crippen LogP contribution in [0.3, 0.4) is 0 Å². The van der Waals surface area contributed by atoms with Gasteiger partial charge in [0.15, 0.2) is 11.5 Å². The summed E-state index contributed by atoms with van der Waals surface area (Å²) in [5.74, 6) is -0.0340. The number of hydrogen-bond donors (Lipinski definition) is 0. The van der Waals surface area contributed by atoms with E-state index in [0.717, 1.165) is 6.07 Å². The van der Waals surface area contributed by atoms with E-state index in [-0.39, 0.29) is 17.5 Å². The average Bonchev–Trinajstić information content (AvgIpc) is 2.55. The lowest BCUT2D eigenvalue weighted by Gasteiger charge is -2.11. The quantitative estimate of drug-likeness (QED) is 0.736. The molecule has 3 aromatic heterocycles. The monoisotopic (exact) mass is 318 g/mol. The maximum absolute atomic E-state index is 13.0. The third-order valence-electron chi connectivity index (χ3n) is 2.79. The van der Waals surface area contributed by atoms with E-state index in [1.165, 1.54) is 36.9 Å². The number of alkyl halides is 3. The molecular formula is C15H9F3N4O. The lowest BCUT2D eigenvalue weighted by molar-refractivity contribution is -0.141. The van der Waals surface area contributed by atoms with Gasteiger partial charge in [-0.1, -0.05) is 0 Å². The Hall–Kier alpha value is -3.03. The van der Waals surface area contributed by atoms with Gasteiger partial charge in [-0.15, -0.1) is 0 Å². The third-order valence-corrected chi connectivity index (χ3v) is 2.79. The van der Waals surface area contributed by atoms with E-state index in [1.807, 2.05) is 0 Å². The first-order valence-corrected chi connectivity index (χ1v) is 6.47. The summed E-state index contributed by atoms with van der Waals surface area (Å²) in [6.45, 7) is 0. The van der Waals surface area contributed by atoms with Gasteiger partial charge < -0.3 is 4.74 Å². The second-order valence-corrected chi connectivity index (χ2v) is 4.44. The molecular weight excluding hydrogens is 309 g/mol. The van der Waals surface area contributed by atoms with Crippen molar-refractivity contribution < 1.29 is 17.9 Å². The molecule has 0 N–H and O–H groups in total. The Kier molecular flexibility index (Phi) is 3.88. The van der Waals surface area contributed by atoms with Crippen LogP contribution in [-0.4, -0.2) is 19.9 Å². The molecule has 3 aromatic rings. The van der Waals surface area contributed by atoms with Crippen LogP contribution in [0.4, 0.5) is 13.2 Å². The Bertz CT molecular complexity index is 795. The van der Waals surface area contributed by atoms with Gasteiger partial charge >= 0.3 is 6.18 Å². The third kappa shape index (κ3) is 3.60. The number of halogens is 3. The van der Waals surface area contributed by atoms with Gasteiger partial charge in [0.05, 0.1) is 6.20 Å². The maximum Gasteiger partial charge on any atom is 0.433 e. The molecule has 0 aliphatic carbocycles. The van der Waals surface area contributed by atoms with Crippen molar-refractivity contribution in [2.45, 2.75) is 6.18 Å². The molecule has 0 atom stereocenters. The maximum atomic E-state index is 13.0. The summed E-state index contributed by atoms with van der Waals surface area (Å²) in [7, 11) is 0. The van der Waals surface area contributed by atoms with Crippen molar-refractivity contribution in [1.29, 1.82) is 0 Å². The summed E-state index contributed by atoms with van der Waals surface area (Å²) >= 11 is 0. The molecule has 0 saturated heterocycles. The fraction of sp³-hybridized carbons (Fsp3) is 0.0667. The second-order valence-electron chi connectivity index (χ2n) is 4.44. The molecule has 0 amide bonds. The van der Waals surface area contributed by atoms with E-state index in [0.29, 0.717) is 5.56 Å². The molecule has 5 nitrogen and oxygen atoms in total. The zero-order chi connectivity index (χ0) is 16.3. The lowest BCUT2D eigenvalue weighted by Crippen LogP contribution is -2.10. The van der Waals surface area contributed by atoms with Gasteiger partial charge in [0.1, 0.15) is 5.75 Å². The highest BCUT2D eigenvalue weighted by Gasteiger charge is 2.34. The van der Waals surface area contributed by atoms with Crippen molar-refractivity contribution in [3.05, 3.63) is 60.8 Å². The smallest absolute Gasteiger partial charge is 0.433 e. The van der Waals surface area contributed by atoms with Gasteiger partial charge in [-0.25, -0.2) is 4.98 Å². The Morgan fingerprint density at radius 3 is 2.35 bits per heavy atom. The molecule has 0 fully saturated rings. The predicted octanol–water partition coefficient (Wildman–Crippen LogP) is 3.74. The molecule has 3 rings (SSSR count). The van der Waals surface area contributed by atoms with Gasteiger partial charge in [0.2, 0.25) is 5.88 Å². The zero-order valence-corrected chi connectivity index (χ0v) is 11.5. The Morgan fingerprint density at radius 2 is 1.70 bits per heavy atom. The summed E-state index contributed by atoms with van der Waals surface area (Å²) in [6, 6.07) is 6.95. The van der Waals surface area contributed by atoms with Crippen LogP contribution in [0, 0.1) is 0 Å². The number of pyridine rings is 2. The standard InChI is InChI=1S/C15H9F3N4O/c16-15(17,18)12-8-13(23-11-2-1-5-20-9-11)22-14(21-12)10-3-6-19-7-4-10/h1-9H. The van der Waals surface area contributed by atoms with Crippen molar-refractivity contribution in [3.63, 3.8) is 0 Å². The molecule has 0 spiro atoms. The largest absolute Gasteiger partial charge is 0.437 e. The summed E-state index contributed by atoms with van der Waals surface area (Å²) in [4.78, 5) is 15.2. The molecule has 0 bridgehead atoms. The topological polar surface area (TPSA) is 60.8 Å². The first-order chi connectivity index (χ1) is 11.0. The van der Waals surface area contributed by atoms with Crippen LogP contribution in [0.5, 0.6) is 11.6 Å². The molecule has 116 valence electrons. The highest BCUT2D eigenvalue weighted by atomic mass is 19.4. The minimum Gasteiger partial charge on any atom is -0.437 e. The van der Waals surface area contributed by atoms with Crippen LogP contribution in [0.15, 0.2) is 55.1 Å². The zero-order valence-electron chi connectivity index (χ0n) is 11.5. The van der Waals surface area contributed by atoms with E-state index in [2.05, 4.69) is 19.9 Å². The highest BCUT2D eigenvalue weighted by molar-refractivity contribution is 5.54. The van der Waals surface area contributed by atoms with Crippen LogP contribution >= 0.6 is 0 Å². The molecule has 0 aliphatic heterocycles. The van der Waals surface area contributed by atoms with Crippen molar-refractivity contribution in [3.8, 4) is 23.0 Å². The Labute approximate surface area is 128 Å². The van der Waals surface area contributed by atoms with Crippen LogP contribution in [0.25, 0.3) is 11.4 Å². The summed E-state index contributed by atoms with van der Waals surface area (Å²) in [5, 5.41) is 0. The van der Waals surface area contributed by atoms with E-state index >= 15 is 0 Å². The van der Waals surface area contributed by atoms with E-state index in [1.54, 1.807) is 12.1 Å². The number of hydrogen-bond acceptors (Lipinski definition) is 5. The van der Waals surface area contributed by atoms with E-state index < -0.39 is 11.9 Å². The van der Waals surface area contributed by atoms with Crippen molar-refractivity contribution in [1.82, 2.24) is 19.9 Å². The van der Waals surface area contributed by atoms with Crippen LogP contribution in [-0.2, 0) is 6.18 Å². The Balaban J connectivity index is 2.05. The van der Waals surface area contributed by atoms with Crippen LogP contribution < -0.4 is 4.74 Å². The van der Waals surface area contributed by atoms with Gasteiger partial charge in [-0.05, 0) is 24.3 Å². The normalized spacial score (nSPS) is 11.3. The summed E-state index contributed by atoms with van der Waals surface area (Å²) < 4.78 is 44.4. The first-order valence-electron chi connectivity index (χ1n) is 6.47. The van der Waals surface area contributed by atoms with E-state index in [4.69, 9.17) is 4.74 Å². The molecule has 0 saturated carbocycles. The fourth-order valence-electron chi connectivity index (χ4n) is 1.78. The number of aromatic nitrogens is 4. The Morgan fingerprint density at radius 1 is 0.913 bits per heavy atom. The molecule has 3 heterocycles. The molecule has 0 unspecified atom stereocenters. The SMILES string of the molecule is FC(F)(F)c1cc(Oc2cccnc2)nc(-c2ccncc2)n1. The molecule has 23 heavy (non-hydrogen) atoms. The highest BCUT2D eigenvalue weighted by Crippen LogP contribution is 2.32. The molecule has 0 aliphatic rings. The minimum absolute atomic E-state index is 0.0962. The van der Waals surface area contributed by atoms with Crippen molar-refractivity contribution >= 4 is 0 Å². The summed E-state index contributed by atoms with van der Waals surface area (Å²) in [6.07, 6.45) is 1.18. The minimum atomic E-state index is -4.61. The predicted molar refractivity (Wildman–Crippen MR) is 74.6 cm³/mol. The number of nitrogens with zero attached hydrogens (tertiary/aromatic N) is 4. The van der Waals surface area contributed by atoms with Crippen molar-refractivity contribution in [2.24, 2.45) is 0 Å². The number of rotatable bonds is 3. The molecule has 0 radical (unpaired) electrons.